The number of rotatable bonds is 7. The van der Waals surface area contributed by atoms with E-state index >= 15 is 0 Å². The molecule has 1 aromatic rings. The summed E-state index contributed by atoms with van der Waals surface area (Å²) in [6.45, 7) is 6.84. The number of anilines is 1. The minimum absolute atomic E-state index is 0.0286. The van der Waals surface area contributed by atoms with Crippen molar-refractivity contribution in [1.29, 1.82) is 0 Å². The molecule has 1 heterocycles. The Morgan fingerprint density at radius 2 is 2.37 bits per heavy atom. The van der Waals surface area contributed by atoms with Crippen LogP contribution in [0.1, 0.15) is 13.3 Å². The number of carbonyl (C=O) groups is 1. The lowest BCUT2D eigenvalue weighted by atomic mass is 10.3. The fourth-order valence-corrected chi connectivity index (χ4v) is 1.88. The highest BCUT2D eigenvalue weighted by molar-refractivity contribution is 9.10. The molecule has 0 unspecified atom stereocenters. The first-order chi connectivity index (χ1) is 9.10. The molecule has 2 N–H and O–H groups in total. The molecule has 0 aromatic carbocycles. The van der Waals surface area contributed by atoms with Crippen LogP contribution in [0.15, 0.2) is 28.1 Å². The number of nitrogens with zero attached hydrogens (tertiary/aromatic N) is 2. The van der Waals surface area contributed by atoms with Gasteiger partial charge < -0.3 is 10.6 Å². The summed E-state index contributed by atoms with van der Waals surface area (Å²) in [6.07, 6.45) is 3.49. The van der Waals surface area contributed by atoms with Gasteiger partial charge in [0.1, 0.15) is 4.47 Å². The second-order valence-electron chi connectivity index (χ2n) is 3.78. The van der Waals surface area contributed by atoms with Crippen LogP contribution in [0, 0.1) is 0 Å². The largest absolute Gasteiger partial charge is 0.382 e. The smallest absolute Gasteiger partial charge is 0.283 e. The summed E-state index contributed by atoms with van der Waals surface area (Å²) in [5.74, 6) is -0.0286. The van der Waals surface area contributed by atoms with E-state index in [1.807, 2.05) is 6.92 Å². The maximum absolute atomic E-state index is 11.9. The fourth-order valence-electron chi connectivity index (χ4n) is 1.44. The van der Waals surface area contributed by atoms with Crippen molar-refractivity contribution in [3.05, 3.63) is 33.7 Å². The number of hydrogen-bond acceptors (Lipinski definition) is 4. The van der Waals surface area contributed by atoms with Gasteiger partial charge >= 0.3 is 0 Å². The molecule has 0 bridgehead atoms. The highest BCUT2D eigenvalue weighted by Crippen LogP contribution is 2.15. The Bertz CT molecular complexity index is 513. The zero-order valence-electron chi connectivity index (χ0n) is 10.8. The summed E-state index contributed by atoms with van der Waals surface area (Å²) in [4.78, 5) is 23.1. The highest BCUT2D eigenvalue weighted by Gasteiger charge is 2.08. The first kappa shape index (κ1) is 15.4. The number of aromatic nitrogens is 2. The minimum atomic E-state index is -0.233. The van der Waals surface area contributed by atoms with E-state index in [1.54, 1.807) is 12.3 Å². The molecule has 1 amide bonds. The molecule has 0 radical (unpaired) electrons. The molecule has 104 valence electrons. The van der Waals surface area contributed by atoms with Gasteiger partial charge in [-0.25, -0.2) is 4.68 Å². The van der Waals surface area contributed by atoms with Crippen molar-refractivity contribution in [3.63, 3.8) is 0 Å². The molecule has 0 atom stereocenters. The third-order valence-corrected chi connectivity index (χ3v) is 3.09. The van der Waals surface area contributed by atoms with Crippen LogP contribution in [-0.4, -0.2) is 28.8 Å². The second-order valence-corrected chi connectivity index (χ2v) is 4.57. The zero-order valence-corrected chi connectivity index (χ0v) is 12.4. The second kappa shape index (κ2) is 7.73. The predicted molar refractivity (Wildman–Crippen MR) is 78.2 cm³/mol. The Balaban J connectivity index is 2.65. The molecule has 0 aliphatic rings. The molecule has 0 saturated heterocycles. The van der Waals surface area contributed by atoms with Crippen molar-refractivity contribution in [2.24, 2.45) is 0 Å². The molecular weight excluding hydrogens is 312 g/mol. The Hall–Kier alpha value is -1.63. The molecule has 0 aliphatic carbocycles. The van der Waals surface area contributed by atoms with Crippen molar-refractivity contribution < 1.29 is 4.79 Å². The first-order valence-electron chi connectivity index (χ1n) is 5.97. The Morgan fingerprint density at radius 3 is 3.00 bits per heavy atom. The van der Waals surface area contributed by atoms with E-state index in [0.29, 0.717) is 36.2 Å². The monoisotopic (exact) mass is 328 g/mol. The first-order valence-corrected chi connectivity index (χ1v) is 6.76. The van der Waals surface area contributed by atoms with Crippen molar-refractivity contribution in [2.75, 3.05) is 18.4 Å². The average molecular weight is 329 g/mol. The SMILES string of the molecule is C=CCn1ncc(NCCC(=O)NCC)c(Br)c1=O. The summed E-state index contributed by atoms with van der Waals surface area (Å²) in [5.41, 5.74) is 0.345. The van der Waals surface area contributed by atoms with Gasteiger partial charge in [-0.15, -0.1) is 6.58 Å². The van der Waals surface area contributed by atoms with E-state index in [1.165, 1.54) is 4.68 Å². The molecule has 7 heteroatoms. The number of nitrogens with one attached hydrogen (secondary N) is 2. The van der Waals surface area contributed by atoms with Gasteiger partial charge in [-0.05, 0) is 22.9 Å². The molecule has 19 heavy (non-hydrogen) atoms. The molecule has 0 spiro atoms. The lowest BCUT2D eigenvalue weighted by molar-refractivity contribution is -0.120. The predicted octanol–water partition coefficient (Wildman–Crippen LogP) is 1.13. The quantitative estimate of drug-likeness (QED) is 0.736. The van der Waals surface area contributed by atoms with Gasteiger partial charge in [-0.2, -0.15) is 5.10 Å². The van der Waals surface area contributed by atoms with E-state index < -0.39 is 0 Å². The van der Waals surface area contributed by atoms with Crippen LogP contribution in [0.2, 0.25) is 0 Å². The van der Waals surface area contributed by atoms with Crippen molar-refractivity contribution in [3.8, 4) is 0 Å². The van der Waals surface area contributed by atoms with E-state index in [0.717, 1.165) is 0 Å². The van der Waals surface area contributed by atoms with Gasteiger partial charge in [0.25, 0.3) is 5.56 Å². The molecule has 1 aromatic heterocycles. The Morgan fingerprint density at radius 1 is 1.63 bits per heavy atom. The molecular formula is C12H17BrN4O2. The number of hydrogen-bond donors (Lipinski definition) is 2. The normalized spacial score (nSPS) is 10.0. The van der Waals surface area contributed by atoms with Crippen LogP contribution in [0.25, 0.3) is 0 Å². The van der Waals surface area contributed by atoms with Crippen LogP contribution in [0.5, 0.6) is 0 Å². The van der Waals surface area contributed by atoms with Crippen LogP contribution >= 0.6 is 15.9 Å². The van der Waals surface area contributed by atoms with Crippen molar-refractivity contribution >= 4 is 27.5 Å². The topological polar surface area (TPSA) is 76.0 Å². The maximum atomic E-state index is 11.9. The molecule has 0 aliphatic heterocycles. The van der Waals surface area contributed by atoms with Crippen LogP contribution in [0.3, 0.4) is 0 Å². The standard InChI is InChI=1S/C12H17BrN4O2/c1-3-7-17-12(19)11(13)9(8-16-17)15-6-5-10(18)14-4-2/h3,8,15H,1,4-7H2,2H3,(H,14,18). The van der Waals surface area contributed by atoms with Gasteiger partial charge in [0, 0.05) is 19.5 Å². The fraction of sp³-hybridized carbons (Fsp3) is 0.417. The third-order valence-electron chi connectivity index (χ3n) is 2.33. The van der Waals surface area contributed by atoms with Crippen LogP contribution in [0.4, 0.5) is 5.69 Å². The van der Waals surface area contributed by atoms with Gasteiger partial charge in [0.2, 0.25) is 5.91 Å². The average Bonchev–Trinajstić information content (AvgIpc) is 2.38. The van der Waals surface area contributed by atoms with E-state index in [9.17, 15) is 9.59 Å². The Labute approximate surface area is 120 Å². The summed E-state index contributed by atoms with van der Waals surface area (Å²) in [7, 11) is 0. The van der Waals surface area contributed by atoms with Gasteiger partial charge in [0.15, 0.2) is 0 Å². The van der Waals surface area contributed by atoms with Crippen molar-refractivity contribution in [1.82, 2.24) is 15.1 Å². The van der Waals surface area contributed by atoms with E-state index in [4.69, 9.17) is 0 Å². The lowest BCUT2D eigenvalue weighted by Crippen LogP contribution is -2.26. The van der Waals surface area contributed by atoms with Gasteiger partial charge in [0.05, 0.1) is 18.4 Å². The van der Waals surface area contributed by atoms with Crippen LogP contribution in [-0.2, 0) is 11.3 Å². The summed E-state index contributed by atoms with van der Waals surface area (Å²) < 4.78 is 1.70. The molecule has 6 nitrogen and oxygen atoms in total. The molecule has 0 saturated carbocycles. The number of carbonyl (C=O) groups excluding carboxylic acids is 1. The summed E-state index contributed by atoms with van der Waals surface area (Å²) in [5, 5.41) is 9.71. The lowest BCUT2D eigenvalue weighted by Gasteiger charge is -2.09. The van der Waals surface area contributed by atoms with Gasteiger partial charge in [-0.3, -0.25) is 9.59 Å². The summed E-state index contributed by atoms with van der Waals surface area (Å²) in [6, 6.07) is 0. The molecule has 1 rings (SSSR count). The van der Waals surface area contributed by atoms with Crippen LogP contribution < -0.4 is 16.2 Å². The zero-order chi connectivity index (χ0) is 14.3. The summed E-state index contributed by atoms with van der Waals surface area (Å²) >= 11 is 3.23. The highest BCUT2D eigenvalue weighted by atomic mass is 79.9. The van der Waals surface area contributed by atoms with E-state index in [-0.39, 0.29) is 11.5 Å². The van der Waals surface area contributed by atoms with Crippen molar-refractivity contribution in [2.45, 2.75) is 19.9 Å². The number of allylic oxidation sites excluding steroid dienone is 1. The minimum Gasteiger partial charge on any atom is -0.382 e. The van der Waals surface area contributed by atoms with E-state index in [2.05, 4.69) is 38.2 Å². The third kappa shape index (κ3) is 4.51. The number of halogens is 1. The van der Waals surface area contributed by atoms with Gasteiger partial charge in [-0.1, -0.05) is 6.08 Å². The maximum Gasteiger partial charge on any atom is 0.283 e. The molecule has 0 fully saturated rings. The number of amides is 1. The Kier molecular flexibility index (Phi) is 6.27.